The molecule has 0 bridgehead atoms. The quantitative estimate of drug-likeness (QED) is 0.669. The maximum absolute atomic E-state index is 10.6. The Balaban J connectivity index is 1.85. The number of benzene rings is 2. The predicted octanol–water partition coefficient (Wildman–Crippen LogP) is 4.86. The van der Waals surface area contributed by atoms with Crippen LogP contribution in [-0.4, -0.2) is 41.3 Å². The van der Waals surface area contributed by atoms with E-state index in [1.807, 2.05) is 19.1 Å². The minimum Gasteiger partial charge on any atom is -0.302 e. The smallest absolute Gasteiger partial charge is 0.246 e. The topological polar surface area (TPSA) is 66.4 Å². The molecule has 174 valence electrons. The Hall–Kier alpha value is -3.15. The summed E-state index contributed by atoms with van der Waals surface area (Å²) in [6.07, 6.45) is 0. The van der Waals surface area contributed by atoms with E-state index in [0.29, 0.717) is 0 Å². The number of fused-ring (bicyclic) bond motifs is 3. The normalized spacial score (nSPS) is 32.3. The number of rotatable bonds is 3. The summed E-state index contributed by atoms with van der Waals surface area (Å²) >= 11 is 0. The first-order valence-corrected chi connectivity index (χ1v) is 12.1. The summed E-state index contributed by atoms with van der Waals surface area (Å²) in [7, 11) is 3.96. The van der Waals surface area contributed by atoms with Crippen molar-refractivity contribution in [1.82, 2.24) is 9.91 Å². The minimum atomic E-state index is -1.40. The van der Waals surface area contributed by atoms with Gasteiger partial charge in [0.25, 0.3) is 0 Å². The van der Waals surface area contributed by atoms with Gasteiger partial charge in [0.2, 0.25) is 5.54 Å². The van der Waals surface area contributed by atoms with Crippen molar-refractivity contribution >= 4 is 5.71 Å². The summed E-state index contributed by atoms with van der Waals surface area (Å²) in [6, 6.07) is 21.8. The molecule has 3 aliphatic rings. The summed E-state index contributed by atoms with van der Waals surface area (Å²) in [6.45, 7) is 11.0. The number of nitriles is 2. The van der Waals surface area contributed by atoms with E-state index in [4.69, 9.17) is 5.10 Å². The maximum atomic E-state index is 10.6. The van der Waals surface area contributed by atoms with Crippen LogP contribution in [0.15, 0.2) is 53.6 Å². The average molecular weight is 452 g/mol. The summed E-state index contributed by atoms with van der Waals surface area (Å²) in [5, 5.41) is 28.4. The van der Waals surface area contributed by atoms with Crippen molar-refractivity contribution in [2.24, 2.45) is 28.3 Å². The number of aryl methyl sites for hydroxylation is 2. The number of likely N-dealkylation sites (N-methyl/N-ethyl adjacent to an activating group) is 1. The number of hydrazone groups is 1. The SMILES string of the molecule is Cc1ccc(C2=NN3C(C#N)(C#N)[C@@H](N(C)C)[C@H](C)[C@@]3(c3ccc(C)cc3)[C@H]3[C@@H]2C3(C)C)cc1. The van der Waals surface area contributed by atoms with Gasteiger partial charge in [0.15, 0.2) is 0 Å². The molecule has 0 amide bonds. The van der Waals surface area contributed by atoms with Crippen molar-refractivity contribution in [2.45, 2.75) is 51.7 Å². The molecule has 0 spiro atoms. The Kier molecular flexibility index (Phi) is 4.78. The molecule has 5 nitrogen and oxygen atoms in total. The van der Waals surface area contributed by atoms with Crippen LogP contribution in [0.1, 0.15) is 43.0 Å². The van der Waals surface area contributed by atoms with Crippen LogP contribution in [0.5, 0.6) is 0 Å². The zero-order valence-corrected chi connectivity index (χ0v) is 21.2. The van der Waals surface area contributed by atoms with E-state index in [0.717, 1.165) is 16.8 Å². The summed E-state index contributed by atoms with van der Waals surface area (Å²) in [5.74, 6) is 0.505. The van der Waals surface area contributed by atoms with Gasteiger partial charge in [-0.15, -0.1) is 0 Å². The minimum absolute atomic E-state index is 0.0158. The molecule has 1 saturated heterocycles. The molecular formula is C29H33N5. The second-order valence-corrected chi connectivity index (χ2v) is 11.3. The van der Waals surface area contributed by atoms with Gasteiger partial charge in [0.05, 0.1) is 17.3 Å². The first-order chi connectivity index (χ1) is 16.1. The van der Waals surface area contributed by atoms with E-state index < -0.39 is 11.1 Å². The van der Waals surface area contributed by atoms with Crippen LogP contribution < -0.4 is 0 Å². The summed E-state index contributed by atoms with van der Waals surface area (Å²) < 4.78 is 0. The van der Waals surface area contributed by atoms with Gasteiger partial charge in [-0.2, -0.15) is 15.6 Å². The van der Waals surface area contributed by atoms with Crippen molar-refractivity contribution < 1.29 is 0 Å². The van der Waals surface area contributed by atoms with Crippen LogP contribution in [0.4, 0.5) is 0 Å². The van der Waals surface area contributed by atoms with E-state index in [-0.39, 0.29) is 29.2 Å². The highest BCUT2D eigenvalue weighted by Gasteiger charge is 2.81. The molecular weight excluding hydrogens is 418 g/mol. The highest BCUT2D eigenvalue weighted by molar-refractivity contribution is 6.05. The van der Waals surface area contributed by atoms with Crippen LogP contribution in [0.3, 0.4) is 0 Å². The van der Waals surface area contributed by atoms with Gasteiger partial charge in [0, 0.05) is 17.8 Å². The van der Waals surface area contributed by atoms with Gasteiger partial charge in [-0.25, -0.2) is 0 Å². The molecule has 0 radical (unpaired) electrons. The van der Waals surface area contributed by atoms with E-state index >= 15 is 0 Å². The van der Waals surface area contributed by atoms with Crippen LogP contribution >= 0.6 is 0 Å². The first-order valence-electron chi connectivity index (χ1n) is 12.1. The van der Waals surface area contributed by atoms with Gasteiger partial charge in [0.1, 0.15) is 12.1 Å². The lowest BCUT2D eigenvalue weighted by atomic mass is 9.71. The van der Waals surface area contributed by atoms with Gasteiger partial charge in [-0.05, 0) is 44.5 Å². The lowest BCUT2D eigenvalue weighted by Gasteiger charge is -2.46. The molecule has 5 heteroatoms. The fourth-order valence-corrected chi connectivity index (χ4v) is 7.35. The predicted molar refractivity (Wildman–Crippen MR) is 134 cm³/mol. The maximum Gasteiger partial charge on any atom is 0.246 e. The molecule has 0 unspecified atom stereocenters. The molecule has 0 N–H and O–H groups in total. The summed E-state index contributed by atoms with van der Waals surface area (Å²) in [4.78, 5) is 2.05. The fourth-order valence-electron chi connectivity index (χ4n) is 7.35. The zero-order valence-electron chi connectivity index (χ0n) is 21.2. The first kappa shape index (κ1) is 22.6. The van der Waals surface area contributed by atoms with E-state index in [1.54, 1.807) is 0 Å². The molecule has 1 aliphatic carbocycles. The molecule has 5 rings (SSSR count). The Bertz CT molecular complexity index is 1230. The van der Waals surface area contributed by atoms with E-state index in [1.165, 1.54) is 11.1 Å². The zero-order chi connectivity index (χ0) is 24.6. The average Bonchev–Trinajstić information content (AvgIpc) is 3.30. The van der Waals surface area contributed by atoms with Gasteiger partial charge < -0.3 is 4.90 Å². The third-order valence-corrected chi connectivity index (χ3v) is 8.84. The molecule has 1 saturated carbocycles. The van der Waals surface area contributed by atoms with Crippen molar-refractivity contribution in [1.29, 1.82) is 10.5 Å². The van der Waals surface area contributed by atoms with Gasteiger partial charge in [-0.3, -0.25) is 5.01 Å². The van der Waals surface area contributed by atoms with Crippen molar-refractivity contribution in [2.75, 3.05) is 14.1 Å². The second kappa shape index (κ2) is 7.17. The molecule has 2 aromatic rings. The molecule has 5 atom stereocenters. The third-order valence-electron chi connectivity index (χ3n) is 8.84. The van der Waals surface area contributed by atoms with Crippen molar-refractivity contribution in [3.63, 3.8) is 0 Å². The van der Waals surface area contributed by atoms with Crippen LogP contribution in [0.25, 0.3) is 0 Å². The highest BCUT2D eigenvalue weighted by atomic mass is 15.6. The van der Waals surface area contributed by atoms with Crippen LogP contribution in [0.2, 0.25) is 0 Å². The Morgan fingerprint density at radius 3 is 1.94 bits per heavy atom. The molecule has 34 heavy (non-hydrogen) atoms. The lowest BCUT2D eigenvalue weighted by Crippen LogP contribution is -2.56. The Morgan fingerprint density at radius 1 is 0.912 bits per heavy atom. The summed E-state index contributed by atoms with van der Waals surface area (Å²) in [5.41, 5.74) is 3.66. The molecule has 2 aliphatic heterocycles. The molecule has 2 aromatic carbocycles. The van der Waals surface area contributed by atoms with Crippen LogP contribution in [-0.2, 0) is 5.54 Å². The number of nitrogens with zero attached hydrogens (tertiary/aromatic N) is 5. The van der Waals surface area contributed by atoms with Gasteiger partial charge >= 0.3 is 0 Å². The van der Waals surface area contributed by atoms with Crippen LogP contribution in [0, 0.1) is 59.7 Å². The Labute approximate surface area is 203 Å². The monoisotopic (exact) mass is 451 g/mol. The van der Waals surface area contributed by atoms with Gasteiger partial charge in [-0.1, -0.05) is 80.4 Å². The molecule has 2 heterocycles. The fraction of sp³-hybridized carbons (Fsp3) is 0.483. The van der Waals surface area contributed by atoms with Crippen molar-refractivity contribution in [3.05, 3.63) is 70.8 Å². The molecule has 2 fully saturated rings. The highest BCUT2D eigenvalue weighted by Crippen LogP contribution is 2.75. The second-order valence-electron chi connectivity index (χ2n) is 11.3. The largest absolute Gasteiger partial charge is 0.302 e. The standard InChI is InChI=1S/C29H33N5/c1-18-8-12-21(13-9-18)24-23-25(27(23,4)5)29(22-14-10-19(2)11-15-22)20(3)26(33(6)7)28(16-30,17-31)34(29)32-24/h8-15,20,23,25-26H,1-7H3/t20-,23+,25-,26-,29+/m0/s1. The van der Waals surface area contributed by atoms with E-state index in [9.17, 15) is 10.5 Å². The third kappa shape index (κ3) is 2.60. The number of hydrogen-bond acceptors (Lipinski definition) is 5. The van der Waals surface area contributed by atoms with E-state index in [2.05, 4.69) is 100 Å². The number of hydrogen-bond donors (Lipinski definition) is 0. The Morgan fingerprint density at radius 2 is 1.44 bits per heavy atom. The van der Waals surface area contributed by atoms with Crippen molar-refractivity contribution in [3.8, 4) is 12.1 Å². The lowest BCUT2D eigenvalue weighted by molar-refractivity contribution is 0.0309. The molecule has 0 aromatic heterocycles.